The number of aryl methyl sites for hydroxylation is 2. The first-order valence-electron chi connectivity index (χ1n) is 9.89. The van der Waals surface area contributed by atoms with Crippen LogP contribution in [0.5, 0.6) is 0 Å². The smallest absolute Gasteiger partial charge is 0.257 e. The van der Waals surface area contributed by atoms with Crippen LogP contribution in [0.3, 0.4) is 0 Å². The molecule has 1 atom stereocenters. The van der Waals surface area contributed by atoms with E-state index in [0.29, 0.717) is 16.6 Å². The number of amides is 2. The van der Waals surface area contributed by atoms with Crippen molar-refractivity contribution in [1.29, 1.82) is 0 Å². The summed E-state index contributed by atoms with van der Waals surface area (Å²) in [4.78, 5) is 45.2. The number of aromatic amines is 1. The number of aromatic nitrogens is 2. The molecular weight excluding hydrogens is 412 g/mol. The number of benzene rings is 2. The number of anilines is 2. The van der Waals surface area contributed by atoms with Crippen molar-refractivity contribution < 1.29 is 9.59 Å². The summed E-state index contributed by atoms with van der Waals surface area (Å²) in [6, 6.07) is 15.4. The molecule has 158 valence electrons. The molecule has 0 saturated heterocycles. The minimum atomic E-state index is -0.907. The highest BCUT2D eigenvalue weighted by Gasteiger charge is 2.34. The second-order valence-corrected chi connectivity index (χ2v) is 8.48. The first-order valence-corrected chi connectivity index (χ1v) is 10.9. The molecule has 3 aromatic rings. The zero-order valence-electron chi connectivity index (χ0n) is 17.2. The van der Waals surface area contributed by atoms with E-state index in [1.165, 1.54) is 11.8 Å². The molecule has 0 radical (unpaired) electrons. The zero-order valence-corrected chi connectivity index (χ0v) is 18.0. The van der Waals surface area contributed by atoms with Gasteiger partial charge in [-0.05, 0) is 31.0 Å². The molecule has 1 aromatic heterocycles. The maximum absolute atomic E-state index is 12.9. The molecule has 0 spiro atoms. The molecule has 8 heteroatoms. The summed E-state index contributed by atoms with van der Waals surface area (Å²) in [5.41, 5.74) is 3.57. The van der Waals surface area contributed by atoms with Crippen LogP contribution in [0.4, 0.5) is 11.5 Å². The molecule has 31 heavy (non-hydrogen) atoms. The van der Waals surface area contributed by atoms with Gasteiger partial charge in [-0.2, -0.15) is 0 Å². The van der Waals surface area contributed by atoms with Crippen LogP contribution >= 0.6 is 11.8 Å². The van der Waals surface area contributed by atoms with E-state index < -0.39 is 17.4 Å². The highest BCUT2D eigenvalue weighted by molar-refractivity contribution is 7.98. The van der Waals surface area contributed by atoms with E-state index in [-0.39, 0.29) is 23.7 Å². The lowest BCUT2D eigenvalue weighted by Gasteiger charge is -2.23. The van der Waals surface area contributed by atoms with Gasteiger partial charge < -0.3 is 15.6 Å². The lowest BCUT2D eigenvalue weighted by atomic mass is 9.92. The highest BCUT2D eigenvalue weighted by atomic mass is 32.2. The van der Waals surface area contributed by atoms with Crippen LogP contribution in [0.1, 0.15) is 34.6 Å². The second kappa shape index (κ2) is 8.77. The Labute approximate surface area is 183 Å². The molecule has 2 heterocycles. The lowest BCUT2D eigenvalue weighted by molar-refractivity contribution is -0.123. The van der Waals surface area contributed by atoms with Gasteiger partial charge in [-0.15, -0.1) is 0 Å². The van der Waals surface area contributed by atoms with Crippen LogP contribution in [0.15, 0.2) is 58.5 Å². The van der Waals surface area contributed by atoms with Crippen molar-refractivity contribution in [3.05, 3.63) is 81.1 Å². The Morgan fingerprint density at radius 2 is 1.97 bits per heavy atom. The van der Waals surface area contributed by atoms with Gasteiger partial charge in [0, 0.05) is 17.9 Å². The molecule has 4 rings (SSSR count). The standard InChI is InChI=1S/C23H22N4O3S/c1-13-6-5-8-15(10-13)12-31-23-26-20-19(22(30)27-23)16(11-18(28)25-20)21(29)24-17-9-4-3-7-14(17)2/h3-10,16H,11-12H2,1-2H3,(H,24,29)(H2,25,26,27,28,30)/t16-/m1/s1. The number of nitrogens with one attached hydrogen (secondary N) is 3. The van der Waals surface area contributed by atoms with Crippen molar-refractivity contribution in [3.8, 4) is 0 Å². The van der Waals surface area contributed by atoms with Gasteiger partial charge in [0.15, 0.2) is 5.16 Å². The predicted molar refractivity (Wildman–Crippen MR) is 121 cm³/mol. The minimum Gasteiger partial charge on any atom is -0.325 e. The van der Waals surface area contributed by atoms with Crippen molar-refractivity contribution in [2.75, 3.05) is 10.6 Å². The zero-order chi connectivity index (χ0) is 22.0. The number of rotatable bonds is 5. The molecule has 7 nitrogen and oxygen atoms in total. The van der Waals surface area contributed by atoms with Gasteiger partial charge in [0.05, 0.1) is 11.5 Å². The maximum Gasteiger partial charge on any atom is 0.257 e. The SMILES string of the molecule is Cc1cccc(CSc2nc3c(c(=O)[nH]2)[C@H](C(=O)Nc2ccccc2C)CC(=O)N3)c1. The third-order valence-corrected chi connectivity index (χ3v) is 6.05. The Morgan fingerprint density at radius 3 is 2.74 bits per heavy atom. The van der Waals surface area contributed by atoms with Crippen LogP contribution in [0, 0.1) is 13.8 Å². The molecule has 0 fully saturated rings. The lowest BCUT2D eigenvalue weighted by Crippen LogP contribution is -2.36. The van der Waals surface area contributed by atoms with Gasteiger partial charge >= 0.3 is 0 Å². The Balaban J connectivity index is 1.58. The van der Waals surface area contributed by atoms with Crippen molar-refractivity contribution in [2.24, 2.45) is 0 Å². The van der Waals surface area contributed by atoms with E-state index in [9.17, 15) is 14.4 Å². The Hall–Kier alpha value is -3.39. The highest BCUT2D eigenvalue weighted by Crippen LogP contribution is 2.31. The van der Waals surface area contributed by atoms with Crippen LogP contribution in [-0.2, 0) is 15.3 Å². The number of nitrogens with zero attached hydrogens (tertiary/aromatic N) is 1. The van der Waals surface area contributed by atoms with Crippen LogP contribution in [-0.4, -0.2) is 21.8 Å². The molecule has 1 aliphatic heterocycles. The topological polar surface area (TPSA) is 104 Å². The number of carbonyl (C=O) groups excluding carboxylic acids is 2. The number of para-hydroxylation sites is 1. The Morgan fingerprint density at radius 1 is 1.16 bits per heavy atom. The Kier molecular flexibility index (Phi) is 5.90. The van der Waals surface area contributed by atoms with Gasteiger partial charge in [0.1, 0.15) is 5.82 Å². The summed E-state index contributed by atoms with van der Waals surface area (Å²) in [5, 5.41) is 5.87. The largest absolute Gasteiger partial charge is 0.325 e. The second-order valence-electron chi connectivity index (χ2n) is 7.52. The molecule has 2 aromatic carbocycles. The summed E-state index contributed by atoms with van der Waals surface area (Å²) < 4.78 is 0. The van der Waals surface area contributed by atoms with Gasteiger partial charge in [-0.3, -0.25) is 14.4 Å². The van der Waals surface area contributed by atoms with Gasteiger partial charge in [0.25, 0.3) is 5.56 Å². The van der Waals surface area contributed by atoms with Crippen molar-refractivity contribution in [1.82, 2.24) is 9.97 Å². The first kappa shape index (κ1) is 20.9. The van der Waals surface area contributed by atoms with E-state index >= 15 is 0 Å². The van der Waals surface area contributed by atoms with E-state index in [1.54, 1.807) is 6.07 Å². The molecule has 1 aliphatic rings. The molecule has 3 N–H and O–H groups in total. The van der Waals surface area contributed by atoms with E-state index in [1.807, 2.05) is 50.2 Å². The van der Waals surface area contributed by atoms with Gasteiger partial charge in [-0.25, -0.2) is 4.98 Å². The Bertz CT molecular complexity index is 1220. The quantitative estimate of drug-likeness (QED) is 0.419. The maximum atomic E-state index is 12.9. The van der Waals surface area contributed by atoms with Crippen molar-refractivity contribution in [3.63, 3.8) is 0 Å². The van der Waals surface area contributed by atoms with Crippen LogP contribution in [0.2, 0.25) is 0 Å². The average molecular weight is 435 g/mol. The molecule has 0 saturated carbocycles. The molecule has 0 bridgehead atoms. The molecular formula is C23H22N4O3S. The van der Waals surface area contributed by atoms with Gasteiger partial charge in [-0.1, -0.05) is 59.8 Å². The number of hydrogen-bond donors (Lipinski definition) is 3. The predicted octanol–water partition coefficient (Wildman–Crippen LogP) is 3.74. The number of carbonyl (C=O) groups is 2. The first-order chi connectivity index (χ1) is 14.9. The number of H-pyrrole nitrogens is 1. The summed E-state index contributed by atoms with van der Waals surface area (Å²) in [6.45, 7) is 3.90. The summed E-state index contributed by atoms with van der Waals surface area (Å²) in [7, 11) is 0. The number of hydrogen-bond acceptors (Lipinski definition) is 5. The van der Waals surface area contributed by atoms with E-state index in [4.69, 9.17) is 0 Å². The molecule has 0 aliphatic carbocycles. The monoisotopic (exact) mass is 434 g/mol. The average Bonchev–Trinajstić information content (AvgIpc) is 2.73. The summed E-state index contributed by atoms with van der Waals surface area (Å²) in [5.74, 6) is -0.885. The normalized spacial score (nSPS) is 15.2. The fraction of sp³-hybridized carbons (Fsp3) is 0.217. The van der Waals surface area contributed by atoms with Crippen molar-refractivity contribution >= 4 is 35.1 Å². The fourth-order valence-corrected chi connectivity index (χ4v) is 4.33. The number of thioether (sulfide) groups is 1. The third-order valence-electron chi connectivity index (χ3n) is 5.11. The summed E-state index contributed by atoms with van der Waals surface area (Å²) in [6.07, 6.45) is -0.106. The van der Waals surface area contributed by atoms with Crippen molar-refractivity contribution in [2.45, 2.75) is 37.1 Å². The van der Waals surface area contributed by atoms with Gasteiger partial charge in [0.2, 0.25) is 11.8 Å². The van der Waals surface area contributed by atoms with Crippen LogP contribution < -0.4 is 16.2 Å². The van der Waals surface area contributed by atoms with Crippen LogP contribution in [0.25, 0.3) is 0 Å². The van der Waals surface area contributed by atoms with E-state index in [0.717, 1.165) is 16.7 Å². The summed E-state index contributed by atoms with van der Waals surface area (Å²) >= 11 is 1.37. The number of fused-ring (bicyclic) bond motifs is 1. The van der Waals surface area contributed by atoms with E-state index in [2.05, 4.69) is 26.7 Å². The molecule has 0 unspecified atom stereocenters. The molecule has 2 amide bonds. The fourth-order valence-electron chi connectivity index (χ4n) is 3.53. The third kappa shape index (κ3) is 4.69. The minimum absolute atomic E-state index is 0.106.